The molecule has 1 saturated heterocycles. The van der Waals surface area contributed by atoms with Crippen LogP contribution in [0.15, 0.2) is 0 Å². The Balaban J connectivity index is 1.77. The molecule has 0 unspecified atom stereocenters. The highest BCUT2D eigenvalue weighted by Gasteiger charge is 2.29. The van der Waals surface area contributed by atoms with Gasteiger partial charge in [-0.25, -0.2) is 12.7 Å². The summed E-state index contributed by atoms with van der Waals surface area (Å²) >= 11 is 1.88. The first kappa shape index (κ1) is 15.6. The van der Waals surface area contributed by atoms with E-state index in [0.29, 0.717) is 19.1 Å². The Bertz CT molecular complexity index is 391. The molecule has 0 spiro atoms. The maximum Gasteiger partial charge on any atom is 0.214 e. The van der Waals surface area contributed by atoms with Gasteiger partial charge < -0.3 is 5.32 Å². The predicted molar refractivity (Wildman–Crippen MR) is 82.2 cm³/mol. The second-order valence-electron chi connectivity index (χ2n) is 6.16. The molecule has 1 aliphatic carbocycles. The van der Waals surface area contributed by atoms with E-state index in [1.807, 2.05) is 11.8 Å². The van der Waals surface area contributed by atoms with Crippen LogP contribution in [0, 0.1) is 0 Å². The standard InChI is InChI=1S/C13H26N2O2S2/c1-13(2)6-8-15(9-10-18-13)19(16,17)11-3-7-14-12-4-5-12/h12,14H,3-11H2,1-2H3. The van der Waals surface area contributed by atoms with Crippen LogP contribution in [-0.2, 0) is 10.0 Å². The van der Waals surface area contributed by atoms with E-state index in [2.05, 4.69) is 19.2 Å². The summed E-state index contributed by atoms with van der Waals surface area (Å²) in [6.45, 7) is 6.59. The Morgan fingerprint density at radius 3 is 2.74 bits per heavy atom. The topological polar surface area (TPSA) is 49.4 Å². The molecule has 1 aliphatic heterocycles. The lowest BCUT2D eigenvalue weighted by Crippen LogP contribution is -2.36. The van der Waals surface area contributed by atoms with Crippen molar-refractivity contribution in [2.45, 2.75) is 50.3 Å². The fraction of sp³-hybridized carbons (Fsp3) is 1.00. The lowest BCUT2D eigenvalue weighted by Gasteiger charge is -2.22. The summed E-state index contributed by atoms with van der Waals surface area (Å²) in [6, 6.07) is 0.665. The van der Waals surface area contributed by atoms with Gasteiger partial charge >= 0.3 is 0 Å². The van der Waals surface area contributed by atoms with Crippen molar-refractivity contribution in [2.75, 3.05) is 31.1 Å². The average Bonchev–Trinajstić information content (AvgIpc) is 3.12. The van der Waals surface area contributed by atoms with Crippen LogP contribution in [0.3, 0.4) is 0 Å². The molecular weight excluding hydrogens is 280 g/mol. The molecule has 0 radical (unpaired) electrons. The fourth-order valence-electron chi connectivity index (χ4n) is 2.26. The van der Waals surface area contributed by atoms with Gasteiger partial charge in [0.25, 0.3) is 0 Å². The molecule has 0 atom stereocenters. The highest BCUT2D eigenvalue weighted by Crippen LogP contribution is 2.31. The number of thioether (sulfide) groups is 1. The van der Waals surface area contributed by atoms with E-state index in [1.54, 1.807) is 4.31 Å². The van der Waals surface area contributed by atoms with Crippen molar-refractivity contribution in [3.63, 3.8) is 0 Å². The van der Waals surface area contributed by atoms with Crippen molar-refractivity contribution in [2.24, 2.45) is 0 Å². The van der Waals surface area contributed by atoms with Crippen LogP contribution in [0.1, 0.15) is 39.5 Å². The number of hydrogen-bond donors (Lipinski definition) is 1. The maximum atomic E-state index is 12.3. The minimum Gasteiger partial charge on any atom is -0.314 e. The Labute approximate surface area is 121 Å². The second kappa shape index (κ2) is 6.33. The van der Waals surface area contributed by atoms with Crippen molar-refractivity contribution in [3.8, 4) is 0 Å². The van der Waals surface area contributed by atoms with E-state index in [1.165, 1.54) is 12.8 Å². The molecule has 1 heterocycles. The van der Waals surface area contributed by atoms with E-state index in [0.717, 1.165) is 25.1 Å². The molecule has 6 heteroatoms. The minimum atomic E-state index is -3.05. The zero-order valence-electron chi connectivity index (χ0n) is 12.0. The smallest absolute Gasteiger partial charge is 0.214 e. The van der Waals surface area contributed by atoms with Crippen LogP contribution in [0.5, 0.6) is 0 Å². The summed E-state index contributed by atoms with van der Waals surface area (Å²) in [5.41, 5.74) is 0. The molecule has 1 saturated carbocycles. The molecule has 4 nitrogen and oxygen atoms in total. The molecule has 112 valence electrons. The summed E-state index contributed by atoms with van der Waals surface area (Å²) in [4.78, 5) is 0. The van der Waals surface area contributed by atoms with Crippen LogP contribution in [0.4, 0.5) is 0 Å². The Kier molecular flexibility index (Phi) is 5.20. The lowest BCUT2D eigenvalue weighted by atomic mass is 10.1. The van der Waals surface area contributed by atoms with Gasteiger partial charge in [-0.05, 0) is 32.2 Å². The minimum absolute atomic E-state index is 0.206. The van der Waals surface area contributed by atoms with Gasteiger partial charge in [0, 0.05) is 29.6 Å². The third-order valence-electron chi connectivity index (χ3n) is 3.78. The molecule has 1 N–H and O–H groups in total. The van der Waals surface area contributed by atoms with Crippen LogP contribution >= 0.6 is 11.8 Å². The molecule has 2 rings (SSSR count). The normalized spacial score (nSPS) is 25.2. The van der Waals surface area contributed by atoms with Crippen LogP contribution < -0.4 is 5.32 Å². The third-order valence-corrected chi connectivity index (χ3v) is 7.11. The molecule has 19 heavy (non-hydrogen) atoms. The van der Waals surface area contributed by atoms with E-state index in [-0.39, 0.29) is 10.5 Å². The van der Waals surface area contributed by atoms with Crippen LogP contribution in [-0.4, -0.2) is 54.7 Å². The molecule has 0 aromatic carbocycles. The van der Waals surface area contributed by atoms with Gasteiger partial charge in [-0.2, -0.15) is 11.8 Å². The van der Waals surface area contributed by atoms with Gasteiger partial charge in [0.2, 0.25) is 10.0 Å². The number of nitrogens with zero attached hydrogens (tertiary/aromatic N) is 1. The first-order chi connectivity index (χ1) is 8.89. The number of sulfonamides is 1. The summed E-state index contributed by atoms with van der Waals surface area (Å²) in [5.74, 6) is 1.20. The maximum absolute atomic E-state index is 12.3. The molecule has 2 aliphatic rings. The third kappa shape index (κ3) is 5.25. The summed E-state index contributed by atoms with van der Waals surface area (Å²) < 4.78 is 26.5. The van der Waals surface area contributed by atoms with E-state index < -0.39 is 10.0 Å². The van der Waals surface area contributed by atoms with Crippen molar-refractivity contribution < 1.29 is 8.42 Å². The SMILES string of the molecule is CC1(C)CCN(S(=O)(=O)CCCNC2CC2)CCS1. The van der Waals surface area contributed by atoms with Gasteiger partial charge in [-0.3, -0.25) is 0 Å². The van der Waals surface area contributed by atoms with E-state index in [9.17, 15) is 8.42 Å². The summed E-state index contributed by atoms with van der Waals surface area (Å²) in [5, 5.41) is 3.37. The quantitative estimate of drug-likeness (QED) is 0.759. The number of nitrogens with one attached hydrogen (secondary N) is 1. The van der Waals surface area contributed by atoms with E-state index >= 15 is 0 Å². The summed E-state index contributed by atoms with van der Waals surface area (Å²) in [6.07, 6.45) is 4.18. The molecule has 0 aromatic rings. The molecule has 0 amide bonds. The molecule has 0 aromatic heterocycles. The number of rotatable bonds is 6. The predicted octanol–water partition coefficient (Wildman–Crippen LogP) is 1.68. The van der Waals surface area contributed by atoms with Crippen molar-refractivity contribution >= 4 is 21.8 Å². The Hall–Kier alpha value is 0.220. The first-order valence-corrected chi connectivity index (χ1v) is 9.84. The van der Waals surface area contributed by atoms with Gasteiger partial charge in [-0.15, -0.1) is 0 Å². The largest absolute Gasteiger partial charge is 0.314 e. The van der Waals surface area contributed by atoms with Gasteiger partial charge in [-0.1, -0.05) is 13.8 Å². The second-order valence-corrected chi connectivity index (χ2v) is 10.0. The highest BCUT2D eigenvalue weighted by molar-refractivity contribution is 8.00. The first-order valence-electron chi connectivity index (χ1n) is 7.24. The van der Waals surface area contributed by atoms with E-state index in [4.69, 9.17) is 0 Å². The Morgan fingerprint density at radius 1 is 1.32 bits per heavy atom. The van der Waals surface area contributed by atoms with Crippen molar-refractivity contribution in [1.82, 2.24) is 9.62 Å². The fourth-order valence-corrected chi connectivity index (χ4v) is 4.98. The van der Waals surface area contributed by atoms with Crippen LogP contribution in [0.25, 0.3) is 0 Å². The average molecular weight is 306 g/mol. The highest BCUT2D eigenvalue weighted by atomic mass is 32.2. The van der Waals surface area contributed by atoms with Crippen LogP contribution in [0.2, 0.25) is 0 Å². The molecule has 2 fully saturated rings. The lowest BCUT2D eigenvalue weighted by molar-refractivity contribution is 0.414. The molecular formula is C13H26N2O2S2. The monoisotopic (exact) mass is 306 g/mol. The van der Waals surface area contributed by atoms with Gasteiger partial charge in [0.1, 0.15) is 0 Å². The zero-order chi connectivity index (χ0) is 13.9. The molecule has 0 bridgehead atoms. The zero-order valence-corrected chi connectivity index (χ0v) is 13.7. The number of hydrogen-bond acceptors (Lipinski definition) is 4. The van der Waals surface area contributed by atoms with Crippen molar-refractivity contribution in [1.29, 1.82) is 0 Å². The van der Waals surface area contributed by atoms with Gasteiger partial charge in [0.05, 0.1) is 5.75 Å². The Morgan fingerprint density at radius 2 is 2.05 bits per heavy atom. The summed E-state index contributed by atoms with van der Waals surface area (Å²) in [7, 11) is -3.05. The van der Waals surface area contributed by atoms with Crippen molar-refractivity contribution in [3.05, 3.63) is 0 Å². The van der Waals surface area contributed by atoms with Gasteiger partial charge in [0.15, 0.2) is 0 Å².